The topological polar surface area (TPSA) is 61.8 Å². The fourth-order valence-corrected chi connectivity index (χ4v) is 4.91. The third-order valence-electron chi connectivity index (χ3n) is 5.65. The first-order valence-electron chi connectivity index (χ1n) is 11.5. The number of amides is 2. The lowest BCUT2D eigenvalue weighted by Gasteiger charge is -2.32. The van der Waals surface area contributed by atoms with Crippen molar-refractivity contribution in [2.45, 2.75) is 30.7 Å². The van der Waals surface area contributed by atoms with Crippen LogP contribution in [0.3, 0.4) is 0 Å². The van der Waals surface area contributed by atoms with Crippen molar-refractivity contribution in [3.05, 3.63) is 95.8 Å². The zero-order chi connectivity index (χ0) is 26.4. The van der Waals surface area contributed by atoms with Gasteiger partial charge in [-0.1, -0.05) is 60.3 Å². The molecule has 0 spiro atoms. The van der Waals surface area contributed by atoms with Crippen molar-refractivity contribution in [1.29, 1.82) is 0 Å². The Morgan fingerprint density at radius 1 is 1.03 bits per heavy atom. The molecule has 1 atom stereocenters. The van der Waals surface area contributed by atoms with E-state index in [2.05, 4.69) is 10.3 Å². The van der Waals surface area contributed by atoms with E-state index >= 15 is 0 Å². The molecule has 1 heterocycles. The van der Waals surface area contributed by atoms with Gasteiger partial charge in [0.25, 0.3) is 0 Å². The van der Waals surface area contributed by atoms with Crippen molar-refractivity contribution in [3.8, 4) is 0 Å². The molecule has 1 N–H and O–H groups in total. The molecule has 1 aliphatic rings. The van der Waals surface area contributed by atoms with Gasteiger partial charge < -0.3 is 5.32 Å². The van der Waals surface area contributed by atoms with Gasteiger partial charge in [-0.05, 0) is 48.7 Å². The number of carbonyl (C=O) groups is 2. The van der Waals surface area contributed by atoms with E-state index in [0.29, 0.717) is 12.8 Å². The molecule has 1 fully saturated rings. The Balaban J connectivity index is 1.57. The van der Waals surface area contributed by atoms with Crippen LogP contribution in [0.2, 0.25) is 0 Å². The molecule has 37 heavy (non-hydrogen) atoms. The van der Waals surface area contributed by atoms with Crippen LogP contribution < -0.4 is 5.32 Å². The molecule has 5 nitrogen and oxygen atoms in total. The molecule has 192 valence electrons. The van der Waals surface area contributed by atoms with Crippen molar-refractivity contribution < 1.29 is 27.2 Å². The molecule has 1 saturated heterocycles. The van der Waals surface area contributed by atoms with Gasteiger partial charge in [0, 0.05) is 13.0 Å². The molecular weight excluding hydrogens is 506 g/mol. The lowest BCUT2D eigenvalue weighted by Crippen LogP contribution is -2.45. The highest BCUT2D eigenvalue weighted by molar-refractivity contribution is 8.15. The van der Waals surface area contributed by atoms with Gasteiger partial charge in [0.2, 0.25) is 11.8 Å². The summed E-state index contributed by atoms with van der Waals surface area (Å²) in [6.45, 7) is 0.278. The molecule has 0 aromatic heterocycles. The summed E-state index contributed by atoms with van der Waals surface area (Å²) in [6.07, 6.45) is -3.44. The van der Waals surface area contributed by atoms with Gasteiger partial charge >= 0.3 is 6.18 Å². The van der Waals surface area contributed by atoms with Crippen LogP contribution in [0.15, 0.2) is 83.9 Å². The van der Waals surface area contributed by atoms with Crippen molar-refractivity contribution in [2.75, 3.05) is 11.9 Å². The van der Waals surface area contributed by atoms with Gasteiger partial charge in [-0.2, -0.15) is 13.2 Å². The SMILES string of the molecule is O=C(Nc1ccccc1F)C1CC(=O)N(CCCc2ccccc2)C(=Nc2cccc(C(F)(F)F)c2)S1. The fourth-order valence-electron chi connectivity index (χ4n) is 3.79. The number of thioether (sulfide) groups is 1. The fraction of sp³-hybridized carbons (Fsp3) is 0.222. The van der Waals surface area contributed by atoms with Gasteiger partial charge in [0.05, 0.1) is 16.9 Å². The van der Waals surface area contributed by atoms with Gasteiger partial charge in [0.1, 0.15) is 11.1 Å². The van der Waals surface area contributed by atoms with Gasteiger partial charge in [0.15, 0.2) is 5.17 Å². The van der Waals surface area contributed by atoms with E-state index in [0.717, 1.165) is 29.5 Å². The second-order valence-electron chi connectivity index (χ2n) is 8.36. The average Bonchev–Trinajstić information content (AvgIpc) is 2.87. The largest absolute Gasteiger partial charge is 0.416 e. The monoisotopic (exact) mass is 529 g/mol. The van der Waals surface area contributed by atoms with Gasteiger partial charge in [-0.3, -0.25) is 14.5 Å². The Labute approximate surface area is 215 Å². The maximum absolute atomic E-state index is 14.0. The maximum Gasteiger partial charge on any atom is 0.416 e. The third kappa shape index (κ3) is 6.97. The molecule has 1 unspecified atom stereocenters. The number of nitrogens with zero attached hydrogens (tertiary/aromatic N) is 2. The number of alkyl halides is 3. The van der Waals surface area contributed by atoms with Crippen LogP contribution in [0.5, 0.6) is 0 Å². The number of hydrogen-bond acceptors (Lipinski definition) is 4. The predicted octanol–water partition coefficient (Wildman–Crippen LogP) is 6.44. The summed E-state index contributed by atoms with van der Waals surface area (Å²) < 4.78 is 53.7. The molecule has 1 aliphatic heterocycles. The van der Waals surface area contributed by atoms with Crippen molar-refractivity contribution >= 4 is 40.1 Å². The standard InChI is InChI=1S/C27H23F4N3O2S/c28-21-13-4-5-14-22(21)33-25(36)23-17-24(35)34(15-7-10-18-8-2-1-3-9-18)26(37-23)32-20-12-6-11-19(16-20)27(29,30)31/h1-6,8-9,11-14,16,23H,7,10,15,17H2,(H,33,36). The molecular formula is C27H23F4N3O2S. The third-order valence-corrected chi connectivity index (χ3v) is 6.84. The summed E-state index contributed by atoms with van der Waals surface area (Å²) in [4.78, 5) is 31.7. The number of anilines is 1. The molecule has 0 bridgehead atoms. The van der Waals surface area contributed by atoms with Crippen LogP contribution in [0.1, 0.15) is 24.0 Å². The maximum atomic E-state index is 14.0. The molecule has 0 radical (unpaired) electrons. The lowest BCUT2D eigenvalue weighted by molar-refractivity contribution is -0.137. The number of benzene rings is 3. The van der Waals surface area contributed by atoms with Crippen molar-refractivity contribution in [1.82, 2.24) is 4.90 Å². The predicted molar refractivity (Wildman–Crippen MR) is 136 cm³/mol. The number of carbonyl (C=O) groups excluding carboxylic acids is 2. The second kappa shape index (κ2) is 11.6. The average molecular weight is 530 g/mol. The number of nitrogens with one attached hydrogen (secondary N) is 1. The van der Waals surface area contributed by atoms with Crippen LogP contribution in [0, 0.1) is 5.82 Å². The van der Waals surface area contributed by atoms with E-state index in [1.807, 2.05) is 30.3 Å². The molecule has 3 aromatic rings. The van der Waals surface area contributed by atoms with Crippen molar-refractivity contribution in [3.63, 3.8) is 0 Å². The summed E-state index contributed by atoms with van der Waals surface area (Å²) >= 11 is 0.970. The number of halogens is 4. The number of aliphatic imine (C=N–C) groups is 1. The number of para-hydroxylation sites is 1. The van der Waals surface area contributed by atoms with Gasteiger partial charge in [-0.25, -0.2) is 9.38 Å². The summed E-state index contributed by atoms with van der Waals surface area (Å²) in [6, 6.07) is 19.8. The van der Waals surface area contributed by atoms with E-state index in [-0.39, 0.29) is 35.4 Å². The van der Waals surface area contributed by atoms with E-state index < -0.39 is 28.7 Å². The highest BCUT2D eigenvalue weighted by Crippen LogP contribution is 2.34. The van der Waals surface area contributed by atoms with E-state index in [1.54, 1.807) is 6.07 Å². The zero-order valence-corrected chi connectivity index (χ0v) is 20.4. The van der Waals surface area contributed by atoms with Crippen LogP contribution in [-0.4, -0.2) is 33.7 Å². The Morgan fingerprint density at radius 2 is 1.76 bits per heavy atom. The van der Waals surface area contributed by atoms with E-state index in [9.17, 15) is 27.2 Å². The minimum Gasteiger partial charge on any atom is -0.323 e. The normalized spacial score (nSPS) is 17.2. The number of hydrogen-bond donors (Lipinski definition) is 1. The first-order valence-corrected chi connectivity index (χ1v) is 12.4. The Morgan fingerprint density at radius 3 is 2.49 bits per heavy atom. The summed E-state index contributed by atoms with van der Waals surface area (Å²) in [5.41, 5.74) is 0.194. The van der Waals surface area contributed by atoms with E-state index in [1.165, 1.54) is 35.2 Å². The molecule has 0 aliphatic carbocycles. The minimum absolute atomic E-state index is 0.00773. The van der Waals surface area contributed by atoms with Crippen LogP contribution in [0.25, 0.3) is 0 Å². The highest BCUT2D eigenvalue weighted by atomic mass is 32.2. The molecule has 4 rings (SSSR count). The summed E-state index contributed by atoms with van der Waals surface area (Å²) in [7, 11) is 0. The van der Waals surface area contributed by atoms with Crippen LogP contribution >= 0.6 is 11.8 Å². The number of rotatable bonds is 7. The molecule has 10 heteroatoms. The number of amidine groups is 1. The Kier molecular flexibility index (Phi) is 8.27. The minimum atomic E-state index is -4.55. The van der Waals surface area contributed by atoms with Gasteiger partial charge in [-0.15, -0.1) is 0 Å². The molecule has 2 amide bonds. The summed E-state index contributed by atoms with van der Waals surface area (Å²) in [5.74, 6) is -1.60. The first-order chi connectivity index (χ1) is 17.7. The van der Waals surface area contributed by atoms with Crippen LogP contribution in [-0.2, 0) is 22.2 Å². The summed E-state index contributed by atoms with van der Waals surface area (Å²) in [5, 5.41) is 1.68. The quantitative estimate of drug-likeness (QED) is 0.359. The highest BCUT2D eigenvalue weighted by Gasteiger charge is 2.36. The number of aryl methyl sites for hydroxylation is 1. The second-order valence-corrected chi connectivity index (χ2v) is 9.53. The molecule has 0 saturated carbocycles. The first kappa shape index (κ1) is 26.4. The smallest absolute Gasteiger partial charge is 0.323 e. The Bertz CT molecular complexity index is 1300. The zero-order valence-electron chi connectivity index (χ0n) is 19.5. The van der Waals surface area contributed by atoms with E-state index in [4.69, 9.17) is 0 Å². The van der Waals surface area contributed by atoms with Crippen LogP contribution in [0.4, 0.5) is 28.9 Å². The Hall–Kier alpha value is -3.66. The van der Waals surface area contributed by atoms with Crippen molar-refractivity contribution in [2.24, 2.45) is 4.99 Å². The lowest BCUT2D eigenvalue weighted by atomic mass is 10.1. The molecule has 3 aromatic carbocycles.